The fourth-order valence-corrected chi connectivity index (χ4v) is 3.45. The van der Waals surface area contributed by atoms with Crippen LogP contribution in [0.1, 0.15) is 6.92 Å². The fourth-order valence-electron chi connectivity index (χ4n) is 1.86. The van der Waals surface area contributed by atoms with Gasteiger partial charge in [0.05, 0.1) is 10.0 Å². The largest absolute Gasteiger partial charge is 0.372 e. The normalized spacial score (nSPS) is 20.5. The number of rotatable bonds is 2. The molecule has 1 fully saturated rings. The zero-order chi connectivity index (χ0) is 12.4. The first-order chi connectivity index (χ1) is 8.11. The van der Waals surface area contributed by atoms with Crippen LogP contribution in [0.25, 0.3) is 0 Å². The number of anilines is 2. The average molecular weight is 292 g/mol. The monoisotopic (exact) mass is 291 g/mol. The summed E-state index contributed by atoms with van der Waals surface area (Å²) in [4.78, 5) is 6.71. The molecule has 1 unspecified atom stereocenters. The van der Waals surface area contributed by atoms with Crippen LogP contribution in [0, 0.1) is 0 Å². The summed E-state index contributed by atoms with van der Waals surface area (Å²) in [5.41, 5.74) is 0. The lowest BCUT2D eigenvalue weighted by atomic mass is 10.3. The minimum absolute atomic E-state index is 0.556. The van der Waals surface area contributed by atoms with Crippen LogP contribution in [0.4, 0.5) is 11.6 Å². The van der Waals surface area contributed by atoms with Crippen molar-refractivity contribution in [3.63, 3.8) is 0 Å². The second kappa shape index (κ2) is 5.55. The Hall–Kier alpha value is -0.320. The van der Waals surface area contributed by atoms with Crippen LogP contribution >= 0.6 is 35.0 Å². The van der Waals surface area contributed by atoms with Crippen molar-refractivity contribution in [2.75, 3.05) is 36.1 Å². The molecule has 1 N–H and O–H groups in total. The van der Waals surface area contributed by atoms with Gasteiger partial charge in [-0.05, 0) is 6.07 Å². The Morgan fingerprint density at radius 1 is 1.47 bits per heavy atom. The quantitative estimate of drug-likeness (QED) is 0.904. The molecule has 3 nitrogen and oxygen atoms in total. The Balaban J connectivity index is 2.30. The molecule has 0 aromatic carbocycles. The summed E-state index contributed by atoms with van der Waals surface area (Å²) in [7, 11) is 1.81. The van der Waals surface area contributed by atoms with E-state index in [1.165, 1.54) is 0 Å². The van der Waals surface area contributed by atoms with E-state index >= 15 is 0 Å². The topological polar surface area (TPSA) is 28.2 Å². The van der Waals surface area contributed by atoms with Crippen molar-refractivity contribution in [1.82, 2.24) is 4.98 Å². The molecule has 1 aliphatic rings. The van der Waals surface area contributed by atoms with Crippen LogP contribution in [0.5, 0.6) is 0 Å². The van der Waals surface area contributed by atoms with Crippen molar-refractivity contribution in [3.05, 3.63) is 16.1 Å². The molecule has 0 amide bonds. The average Bonchev–Trinajstić information content (AvgIpc) is 2.29. The lowest BCUT2D eigenvalue weighted by Crippen LogP contribution is -2.37. The van der Waals surface area contributed by atoms with Crippen molar-refractivity contribution >= 4 is 46.6 Å². The van der Waals surface area contributed by atoms with Gasteiger partial charge in [-0.2, -0.15) is 11.8 Å². The van der Waals surface area contributed by atoms with Gasteiger partial charge in [0.25, 0.3) is 0 Å². The Morgan fingerprint density at radius 2 is 2.24 bits per heavy atom. The number of aromatic nitrogens is 1. The lowest BCUT2D eigenvalue weighted by molar-refractivity contribution is 0.771. The van der Waals surface area contributed by atoms with Gasteiger partial charge in [-0.1, -0.05) is 30.1 Å². The Labute approximate surface area is 116 Å². The first-order valence-electron chi connectivity index (χ1n) is 5.52. The summed E-state index contributed by atoms with van der Waals surface area (Å²) in [5.74, 6) is 2.61. The van der Waals surface area contributed by atoms with E-state index in [2.05, 4.69) is 22.1 Å². The molecule has 0 spiro atoms. The predicted molar refractivity (Wildman–Crippen MR) is 77.9 cm³/mol. The SMILES string of the molecule is CNc1nc(N2CCSC(C)C2)c(Cl)cc1Cl. The van der Waals surface area contributed by atoms with Crippen LogP contribution in [0.2, 0.25) is 10.0 Å². The van der Waals surface area contributed by atoms with Gasteiger partial charge in [0, 0.05) is 31.1 Å². The van der Waals surface area contributed by atoms with E-state index in [1.807, 2.05) is 11.8 Å². The molecule has 1 aromatic rings. The molecule has 1 atom stereocenters. The second-order valence-electron chi connectivity index (χ2n) is 4.00. The van der Waals surface area contributed by atoms with Crippen molar-refractivity contribution in [3.8, 4) is 0 Å². The summed E-state index contributed by atoms with van der Waals surface area (Å²) in [5, 5.41) is 4.76. The first kappa shape index (κ1) is 13.1. The third-order valence-corrected chi connectivity index (χ3v) is 4.39. The van der Waals surface area contributed by atoms with Gasteiger partial charge in [-0.15, -0.1) is 0 Å². The molecule has 94 valence electrons. The van der Waals surface area contributed by atoms with Crippen LogP contribution < -0.4 is 10.2 Å². The molecule has 0 saturated carbocycles. The zero-order valence-corrected chi connectivity index (χ0v) is 12.2. The Morgan fingerprint density at radius 3 is 2.88 bits per heavy atom. The predicted octanol–water partition coefficient (Wildman–Crippen LogP) is 3.37. The third kappa shape index (κ3) is 2.92. The first-order valence-corrected chi connectivity index (χ1v) is 7.32. The van der Waals surface area contributed by atoms with Crippen LogP contribution in [-0.2, 0) is 0 Å². The maximum Gasteiger partial charge on any atom is 0.150 e. The molecule has 1 aromatic heterocycles. The summed E-state index contributed by atoms with van der Waals surface area (Å²) >= 11 is 14.2. The second-order valence-corrected chi connectivity index (χ2v) is 6.36. The van der Waals surface area contributed by atoms with Gasteiger partial charge in [0.2, 0.25) is 0 Å². The molecule has 1 aliphatic heterocycles. The number of nitrogens with one attached hydrogen (secondary N) is 1. The van der Waals surface area contributed by atoms with Gasteiger partial charge in [-0.25, -0.2) is 4.98 Å². The van der Waals surface area contributed by atoms with Crippen molar-refractivity contribution in [1.29, 1.82) is 0 Å². The highest BCUT2D eigenvalue weighted by Crippen LogP contribution is 2.33. The van der Waals surface area contributed by atoms with Crippen molar-refractivity contribution < 1.29 is 0 Å². The number of nitrogens with zero attached hydrogens (tertiary/aromatic N) is 2. The van der Waals surface area contributed by atoms with E-state index < -0.39 is 0 Å². The summed E-state index contributed by atoms with van der Waals surface area (Å²) in [6, 6.07) is 1.75. The molecule has 17 heavy (non-hydrogen) atoms. The van der Waals surface area contributed by atoms with Gasteiger partial charge >= 0.3 is 0 Å². The van der Waals surface area contributed by atoms with E-state index in [0.717, 1.165) is 24.7 Å². The minimum Gasteiger partial charge on any atom is -0.372 e. The van der Waals surface area contributed by atoms with Crippen LogP contribution in [-0.4, -0.2) is 36.1 Å². The molecule has 2 heterocycles. The number of halogens is 2. The molecule has 6 heteroatoms. The minimum atomic E-state index is 0.556. The van der Waals surface area contributed by atoms with Gasteiger partial charge in [0.15, 0.2) is 0 Å². The molecule has 0 bridgehead atoms. The highest BCUT2D eigenvalue weighted by Gasteiger charge is 2.21. The third-order valence-electron chi connectivity index (χ3n) is 2.69. The standard InChI is InChI=1S/C11H15Cl2N3S/c1-7-6-16(3-4-17-7)11-9(13)5-8(12)10(14-2)15-11/h5,7H,3-4,6H2,1-2H3,(H,14,15). The van der Waals surface area contributed by atoms with E-state index in [4.69, 9.17) is 23.2 Å². The highest BCUT2D eigenvalue weighted by molar-refractivity contribution is 8.00. The van der Waals surface area contributed by atoms with E-state index in [9.17, 15) is 0 Å². The molecular formula is C11H15Cl2N3S. The molecule has 0 radical (unpaired) electrons. The fraction of sp³-hybridized carbons (Fsp3) is 0.545. The van der Waals surface area contributed by atoms with E-state index in [1.54, 1.807) is 13.1 Å². The number of hydrogen-bond acceptors (Lipinski definition) is 4. The Kier molecular flexibility index (Phi) is 4.28. The number of hydrogen-bond donors (Lipinski definition) is 1. The molecule has 0 aliphatic carbocycles. The summed E-state index contributed by atoms with van der Waals surface area (Å²) < 4.78 is 0. The maximum absolute atomic E-state index is 6.22. The Bertz CT molecular complexity index is 414. The van der Waals surface area contributed by atoms with Gasteiger partial charge in [0.1, 0.15) is 11.6 Å². The summed E-state index contributed by atoms with van der Waals surface area (Å²) in [6.45, 7) is 4.17. The van der Waals surface area contributed by atoms with E-state index in [-0.39, 0.29) is 0 Å². The summed E-state index contributed by atoms with van der Waals surface area (Å²) in [6.07, 6.45) is 0. The molecule has 1 saturated heterocycles. The number of thioether (sulfide) groups is 1. The molecule has 2 rings (SSSR count). The maximum atomic E-state index is 6.22. The van der Waals surface area contributed by atoms with Crippen molar-refractivity contribution in [2.45, 2.75) is 12.2 Å². The van der Waals surface area contributed by atoms with Crippen LogP contribution in [0.3, 0.4) is 0 Å². The molecular weight excluding hydrogens is 277 g/mol. The van der Waals surface area contributed by atoms with Gasteiger partial charge < -0.3 is 10.2 Å². The van der Waals surface area contributed by atoms with Crippen molar-refractivity contribution in [2.24, 2.45) is 0 Å². The lowest BCUT2D eigenvalue weighted by Gasteiger charge is -2.32. The van der Waals surface area contributed by atoms with Gasteiger partial charge in [-0.3, -0.25) is 0 Å². The van der Waals surface area contributed by atoms with E-state index in [0.29, 0.717) is 21.1 Å². The van der Waals surface area contributed by atoms with Crippen LogP contribution in [0.15, 0.2) is 6.07 Å². The number of pyridine rings is 1. The smallest absolute Gasteiger partial charge is 0.150 e. The zero-order valence-electron chi connectivity index (χ0n) is 9.83. The highest BCUT2D eigenvalue weighted by atomic mass is 35.5.